The normalized spacial score (nSPS) is 14.4. The predicted octanol–water partition coefficient (Wildman–Crippen LogP) is 1.99. The van der Waals surface area contributed by atoms with Crippen molar-refractivity contribution in [1.29, 1.82) is 0 Å². The zero-order chi connectivity index (χ0) is 15.4. The summed E-state index contributed by atoms with van der Waals surface area (Å²) in [5.74, 6) is 1.19. The van der Waals surface area contributed by atoms with Crippen molar-refractivity contribution in [3.05, 3.63) is 47.0 Å². The standard InChI is InChI=1S/C16H20N4O2/c21-16(22)13-7-5-12(6-8-13)10-17-11-15-19-18-14-4-2-1-3-9-20(14)15/h5-8,17H,1-4,9-11H2,(H,21,22). The number of benzene rings is 1. The molecule has 3 rings (SSSR count). The number of hydrogen-bond acceptors (Lipinski definition) is 4. The number of carbonyl (C=O) groups is 1. The molecule has 2 aromatic rings. The van der Waals surface area contributed by atoms with Gasteiger partial charge in [0.15, 0.2) is 0 Å². The number of aryl methyl sites for hydroxylation is 1. The second-order valence-electron chi connectivity index (χ2n) is 5.60. The number of rotatable bonds is 5. The summed E-state index contributed by atoms with van der Waals surface area (Å²) in [6.07, 6.45) is 4.66. The molecule has 0 unspecified atom stereocenters. The molecule has 2 heterocycles. The Kier molecular flexibility index (Phi) is 4.48. The summed E-state index contributed by atoms with van der Waals surface area (Å²) in [7, 11) is 0. The summed E-state index contributed by atoms with van der Waals surface area (Å²) < 4.78 is 2.23. The third-order valence-corrected chi connectivity index (χ3v) is 4.00. The molecular weight excluding hydrogens is 280 g/mol. The number of aromatic nitrogens is 3. The van der Waals surface area contributed by atoms with Gasteiger partial charge in [0.05, 0.1) is 12.1 Å². The van der Waals surface area contributed by atoms with Crippen molar-refractivity contribution >= 4 is 5.97 Å². The lowest BCUT2D eigenvalue weighted by Crippen LogP contribution is -2.17. The summed E-state index contributed by atoms with van der Waals surface area (Å²) in [6.45, 7) is 2.36. The second-order valence-corrected chi connectivity index (χ2v) is 5.60. The highest BCUT2D eigenvalue weighted by molar-refractivity contribution is 5.87. The SMILES string of the molecule is O=C(O)c1ccc(CNCc2nnc3n2CCCCC3)cc1. The van der Waals surface area contributed by atoms with Crippen molar-refractivity contribution in [3.63, 3.8) is 0 Å². The zero-order valence-electron chi connectivity index (χ0n) is 12.5. The van der Waals surface area contributed by atoms with Crippen LogP contribution in [0.2, 0.25) is 0 Å². The number of carboxylic acid groups (broad SMARTS) is 1. The summed E-state index contributed by atoms with van der Waals surface area (Å²) in [5.41, 5.74) is 1.37. The minimum absolute atomic E-state index is 0.312. The molecule has 0 saturated carbocycles. The third-order valence-electron chi connectivity index (χ3n) is 4.00. The molecule has 0 spiro atoms. The summed E-state index contributed by atoms with van der Waals surface area (Å²) in [5, 5.41) is 20.8. The van der Waals surface area contributed by atoms with Gasteiger partial charge in [0.25, 0.3) is 0 Å². The first kappa shape index (κ1) is 14.7. The van der Waals surface area contributed by atoms with E-state index in [9.17, 15) is 4.79 Å². The molecule has 1 aliphatic heterocycles. The maximum Gasteiger partial charge on any atom is 0.335 e. The molecule has 0 fully saturated rings. The Labute approximate surface area is 129 Å². The van der Waals surface area contributed by atoms with E-state index < -0.39 is 5.97 Å². The van der Waals surface area contributed by atoms with Crippen LogP contribution in [0.25, 0.3) is 0 Å². The van der Waals surface area contributed by atoms with Gasteiger partial charge in [-0.1, -0.05) is 18.6 Å². The highest BCUT2D eigenvalue weighted by Crippen LogP contribution is 2.14. The predicted molar refractivity (Wildman–Crippen MR) is 81.5 cm³/mol. The lowest BCUT2D eigenvalue weighted by atomic mass is 10.1. The van der Waals surface area contributed by atoms with Crippen molar-refractivity contribution in [2.45, 2.75) is 45.3 Å². The van der Waals surface area contributed by atoms with Crippen LogP contribution in [0.4, 0.5) is 0 Å². The Morgan fingerprint density at radius 2 is 1.95 bits per heavy atom. The fraction of sp³-hybridized carbons (Fsp3) is 0.438. The number of aromatic carboxylic acids is 1. The molecule has 116 valence electrons. The van der Waals surface area contributed by atoms with Crippen LogP contribution >= 0.6 is 0 Å². The first-order valence-corrected chi connectivity index (χ1v) is 7.68. The molecule has 1 aliphatic rings. The van der Waals surface area contributed by atoms with E-state index in [1.165, 1.54) is 19.3 Å². The number of carboxylic acids is 1. The highest BCUT2D eigenvalue weighted by atomic mass is 16.4. The van der Waals surface area contributed by atoms with Gasteiger partial charge in [0.1, 0.15) is 11.6 Å². The average molecular weight is 300 g/mol. The van der Waals surface area contributed by atoms with Crippen LogP contribution in [0.3, 0.4) is 0 Å². The Morgan fingerprint density at radius 1 is 1.14 bits per heavy atom. The van der Waals surface area contributed by atoms with E-state index in [2.05, 4.69) is 20.1 Å². The van der Waals surface area contributed by atoms with Crippen molar-refractivity contribution in [2.75, 3.05) is 0 Å². The molecule has 2 N–H and O–H groups in total. The van der Waals surface area contributed by atoms with Crippen LogP contribution in [-0.4, -0.2) is 25.8 Å². The highest BCUT2D eigenvalue weighted by Gasteiger charge is 2.14. The topological polar surface area (TPSA) is 80.0 Å². The van der Waals surface area contributed by atoms with Gasteiger partial charge in [-0.15, -0.1) is 10.2 Å². The minimum Gasteiger partial charge on any atom is -0.478 e. The largest absolute Gasteiger partial charge is 0.478 e. The quantitative estimate of drug-likeness (QED) is 0.882. The first-order chi connectivity index (χ1) is 10.7. The van der Waals surface area contributed by atoms with Crippen molar-refractivity contribution < 1.29 is 9.90 Å². The molecular formula is C16H20N4O2. The molecule has 0 aliphatic carbocycles. The van der Waals surface area contributed by atoms with Crippen LogP contribution in [0.15, 0.2) is 24.3 Å². The van der Waals surface area contributed by atoms with Gasteiger partial charge in [-0.25, -0.2) is 4.79 Å². The minimum atomic E-state index is -0.898. The van der Waals surface area contributed by atoms with Crippen molar-refractivity contribution in [2.24, 2.45) is 0 Å². The van der Waals surface area contributed by atoms with Crippen LogP contribution < -0.4 is 5.32 Å². The molecule has 6 heteroatoms. The van der Waals surface area contributed by atoms with Crippen LogP contribution in [0.1, 0.15) is 46.8 Å². The van der Waals surface area contributed by atoms with Gasteiger partial charge in [-0.05, 0) is 30.5 Å². The molecule has 0 radical (unpaired) electrons. The van der Waals surface area contributed by atoms with Gasteiger partial charge in [0.2, 0.25) is 0 Å². The van der Waals surface area contributed by atoms with E-state index in [-0.39, 0.29) is 0 Å². The number of nitrogens with zero attached hydrogens (tertiary/aromatic N) is 3. The van der Waals surface area contributed by atoms with E-state index >= 15 is 0 Å². The van der Waals surface area contributed by atoms with Gasteiger partial charge in [0, 0.05) is 19.5 Å². The maximum absolute atomic E-state index is 10.8. The van der Waals surface area contributed by atoms with Crippen LogP contribution in [-0.2, 0) is 26.1 Å². The van der Waals surface area contributed by atoms with Crippen LogP contribution in [0.5, 0.6) is 0 Å². The second kappa shape index (κ2) is 6.70. The lowest BCUT2D eigenvalue weighted by molar-refractivity contribution is 0.0697. The smallest absolute Gasteiger partial charge is 0.335 e. The molecule has 6 nitrogen and oxygen atoms in total. The molecule has 0 saturated heterocycles. The van der Waals surface area contributed by atoms with E-state index in [4.69, 9.17) is 5.11 Å². The maximum atomic E-state index is 10.8. The van der Waals surface area contributed by atoms with Gasteiger partial charge >= 0.3 is 5.97 Å². The average Bonchev–Trinajstić information content (AvgIpc) is 2.76. The number of fused-ring (bicyclic) bond motifs is 1. The molecule has 1 aromatic carbocycles. The molecule has 22 heavy (non-hydrogen) atoms. The number of nitrogens with one attached hydrogen (secondary N) is 1. The molecule has 0 amide bonds. The fourth-order valence-corrected chi connectivity index (χ4v) is 2.76. The number of hydrogen-bond donors (Lipinski definition) is 2. The van der Waals surface area contributed by atoms with Gasteiger partial charge < -0.3 is 15.0 Å². The van der Waals surface area contributed by atoms with Crippen molar-refractivity contribution in [3.8, 4) is 0 Å². The molecule has 0 bridgehead atoms. The summed E-state index contributed by atoms with van der Waals surface area (Å²) >= 11 is 0. The molecule has 1 aromatic heterocycles. The first-order valence-electron chi connectivity index (χ1n) is 7.68. The van der Waals surface area contributed by atoms with E-state index in [0.717, 1.165) is 30.2 Å². The van der Waals surface area contributed by atoms with E-state index in [1.54, 1.807) is 12.1 Å². The third kappa shape index (κ3) is 3.33. The van der Waals surface area contributed by atoms with E-state index in [1.807, 2.05) is 12.1 Å². The summed E-state index contributed by atoms with van der Waals surface area (Å²) in [4.78, 5) is 10.8. The Bertz CT molecular complexity index is 649. The van der Waals surface area contributed by atoms with Gasteiger partial charge in [-0.2, -0.15) is 0 Å². The Morgan fingerprint density at radius 3 is 2.73 bits per heavy atom. The van der Waals surface area contributed by atoms with Crippen LogP contribution in [0, 0.1) is 0 Å². The Hall–Kier alpha value is -2.21. The van der Waals surface area contributed by atoms with Gasteiger partial charge in [-0.3, -0.25) is 0 Å². The van der Waals surface area contributed by atoms with Crippen molar-refractivity contribution in [1.82, 2.24) is 20.1 Å². The zero-order valence-corrected chi connectivity index (χ0v) is 12.5. The Balaban J connectivity index is 1.57. The monoisotopic (exact) mass is 300 g/mol. The fourth-order valence-electron chi connectivity index (χ4n) is 2.76. The van der Waals surface area contributed by atoms with E-state index in [0.29, 0.717) is 18.7 Å². The summed E-state index contributed by atoms with van der Waals surface area (Å²) in [6, 6.07) is 6.92. The lowest BCUT2D eigenvalue weighted by Gasteiger charge is -2.08. The molecule has 0 atom stereocenters.